The molecule has 0 spiro atoms. The number of carbonyl (C=O) groups excluding carboxylic acids is 2. The van der Waals surface area contributed by atoms with Crippen molar-refractivity contribution in [2.75, 3.05) is 29.9 Å². The van der Waals surface area contributed by atoms with Gasteiger partial charge in [0.25, 0.3) is 0 Å². The summed E-state index contributed by atoms with van der Waals surface area (Å²) in [6.45, 7) is 3.35. The molecule has 0 unspecified atom stereocenters. The number of aromatic nitrogens is 4. The highest BCUT2D eigenvalue weighted by Gasteiger charge is 2.18. The Labute approximate surface area is 132 Å². The van der Waals surface area contributed by atoms with Crippen molar-refractivity contribution in [2.24, 2.45) is 0 Å². The van der Waals surface area contributed by atoms with Crippen LogP contribution in [0.25, 0.3) is 0 Å². The second-order valence-electron chi connectivity index (χ2n) is 5.22. The van der Waals surface area contributed by atoms with E-state index < -0.39 is 6.04 Å². The van der Waals surface area contributed by atoms with E-state index in [0.717, 1.165) is 0 Å². The van der Waals surface area contributed by atoms with Crippen molar-refractivity contribution in [3.05, 3.63) is 31.0 Å². The average molecular weight is 315 g/mol. The third-order valence-corrected chi connectivity index (χ3v) is 3.59. The number of pyridine rings is 1. The van der Waals surface area contributed by atoms with E-state index in [1.165, 1.54) is 17.3 Å². The summed E-state index contributed by atoms with van der Waals surface area (Å²) < 4.78 is 1.48. The van der Waals surface area contributed by atoms with Gasteiger partial charge in [0.15, 0.2) is 0 Å². The molecule has 0 radical (unpaired) electrons. The van der Waals surface area contributed by atoms with Gasteiger partial charge in [-0.3, -0.25) is 9.59 Å². The smallest absolute Gasteiger partial charge is 0.249 e. The van der Waals surface area contributed by atoms with Crippen molar-refractivity contribution >= 4 is 23.3 Å². The van der Waals surface area contributed by atoms with Crippen LogP contribution in [0.15, 0.2) is 31.0 Å². The molecule has 2 aromatic heterocycles. The molecule has 1 atom stereocenters. The molecule has 0 saturated carbocycles. The predicted octanol–water partition coefficient (Wildman–Crippen LogP) is -0.191. The SMILES string of the molecule is C[C@@H](C(=O)Nc1ccc(N2CCNC(=O)C2)nc1)n1cncn1. The van der Waals surface area contributed by atoms with Gasteiger partial charge in [0.05, 0.1) is 18.4 Å². The Hall–Kier alpha value is -2.97. The number of amides is 2. The van der Waals surface area contributed by atoms with Crippen LogP contribution in [0.1, 0.15) is 13.0 Å². The minimum Gasteiger partial charge on any atom is -0.353 e. The first-order chi connectivity index (χ1) is 11.1. The lowest BCUT2D eigenvalue weighted by molar-refractivity contribution is -0.120. The van der Waals surface area contributed by atoms with Crippen LogP contribution in [-0.4, -0.2) is 51.2 Å². The Morgan fingerprint density at radius 3 is 2.96 bits per heavy atom. The molecule has 1 saturated heterocycles. The topological polar surface area (TPSA) is 105 Å². The van der Waals surface area contributed by atoms with E-state index in [4.69, 9.17) is 0 Å². The summed E-state index contributed by atoms with van der Waals surface area (Å²) in [5, 5.41) is 9.49. The van der Waals surface area contributed by atoms with Crippen molar-refractivity contribution < 1.29 is 9.59 Å². The Morgan fingerprint density at radius 1 is 1.43 bits per heavy atom. The average Bonchev–Trinajstić information content (AvgIpc) is 3.09. The number of hydrogen-bond donors (Lipinski definition) is 2. The Bertz CT molecular complexity index is 684. The zero-order valence-corrected chi connectivity index (χ0v) is 12.6. The quantitative estimate of drug-likeness (QED) is 0.810. The minimum absolute atomic E-state index is 0.0166. The largest absolute Gasteiger partial charge is 0.353 e. The van der Waals surface area contributed by atoms with Gasteiger partial charge in [0, 0.05) is 13.1 Å². The van der Waals surface area contributed by atoms with Gasteiger partial charge in [-0.15, -0.1) is 0 Å². The van der Waals surface area contributed by atoms with E-state index in [1.807, 2.05) is 4.90 Å². The standard InChI is InChI=1S/C14H17N7O2/c1-10(21-9-15-8-18-21)14(23)19-11-2-3-12(17-6-11)20-5-4-16-13(22)7-20/h2-3,6,8-10H,4-5,7H2,1H3,(H,16,22)(H,19,23)/t10-/m0/s1. The van der Waals surface area contributed by atoms with E-state index in [1.54, 1.807) is 25.3 Å². The van der Waals surface area contributed by atoms with E-state index in [2.05, 4.69) is 25.7 Å². The van der Waals surface area contributed by atoms with Gasteiger partial charge in [-0.1, -0.05) is 0 Å². The van der Waals surface area contributed by atoms with E-state index in [9.17, 15) is 9.59 Å². The first kappa shape index (κ1) is 14.9. The number of piperazine rings is 1. The van der Waals surface area contributed by atoms with Gasteiger partial charge in [0.2, 0.25) is 11.8 Å². The first-order valence-corrected chi connectivity index (χ1v) is 7.26. The number of nitrogens with zero attached hydrogens (tertiary/aromatic N) is 5. The van der Waals surface area contributed by atoms with Crippen molar-refractivity contribution in [3.63, 3.8) is 0 Å². The van der Waals surface area contributed by atoms with Gasteiger partial charge in [-0.25, -0.2) is 14.6 Å². The van der Waals surface area contributed by atoms with Crippen LogP contribution in [-0.2, 0) is 9.59 Å². The van der Waals surface area contributed by atoms with Gasteiger partial charge < -0.3 is 15.5 Å². The summed E-state index contributed by atoms with van der Waals surface area (Å²) in [4.78, 5) is 33.6. The number of hydrogen-bond acceptors (Lipinski definition) is 6. The van der Waals surface area contributed by atoms with Crippen LogP contribution in [0.5, 0.6) is 0 Å². The number of anilines is 2. The molecule has 3 rings (SSSR count). The highest BCUT2D eigenvalue weighted by atomic mass is 16.2. The van der Waals surface area contributed by atoms with Crippen LogP contribution >= 0.6 is 0 Å². The molecule has 2 N–H and O–H groups in total. The zero-order valence-electron chi connectivity index (χ0n) is 12.6. The van der Waals surface area contributed by atoms with Gasteiger partial charge in [-0.2, -0.15) is 5.10 Å². The summed E-state index contributed by atoms with van der Waals surface area (Å²) in [6, 6.07) is 3.08. The molecule has 1 aliphatic heterocycles. The van der Waals surface area contributed by atoms with Crippen LogP contribution in [0.2, 0.25) is 0 Å². The molecular formula is C14H17N7O2. The van der Waals surface area contributed by atoms with Crippen molar-refractivity contribution in [2.45, 2.75) is 13.0 Å². The van der Waals surface area contributed by atoms with Crippen LogP contribution in [0.3, 0.4) is 0 Å². The second-order valence-corrected chi connectivity index (χ2v) is 5.22. The molecule has 0 aromatic carbocycles. The lowest BCUT2D eigenvalue weighted by atomic mass is 10.3. The van der Waals surface area contributed by atoms with Crippen molar-refractivity contribution in [3.8, 4) is 0 Å². The maximum atomic E-state index is 12.1. The van der Waals surface area contributed by atoms with Gasteiger partial charge >= 0.3 is 0 Å². The maximum absolute atomic E-state index is 12.1. The maximum Gasteiger partial charge on any atom is 0.249 e. The fourth-order valence-corrected chi connectivity index (χ4v) is 2.27. The normalized spacial score (nSPS) is 15.9. The molecule has 9 nitrogen and oxygen atoms in total. The van der Waals surface area contributed by atoms with Gasteiger partial charge in [-0.05, 0) is 19.1 Å². The number of carbonyl (C=O) groups is 2. The van der Waals surface area contributed by atoms with E-state index in [0.29, 0.717) is 31.1 Å². The monoisotopic (exact) mass is 315 g/mol. The van der Waals surface area contributed by atoms with E-state index in [-0.39, 0.29) is 11.8 Å². The highest BCUT2D eigenvalue weighted by Crippen LogP contribution is 2.16. The summed E-state index contributed by atoms with van der Waals surface area (Å²) in [6.07, 6.45) is 4.45. The highest BCUT2D eigenvalue weighted by molar-refractivity contribution is 5.93. The molecule has 0 bridgehead atoms. The number of rotatable bonds is 4. The number of nitrogens with one attached hydrogen (secondary N) is 2. The minimum atomic E-state index is -0.469. The fourth-order valence-electron chi connectivity index (χ4n) is 2.27. The summed E-state index contributed by atoms with van der Waals surface area (Å²) >= 11 is 0. The molecular weight excluding hydrogens is 298 g/mol. The van der Waals surface area contributed by atoms with Crippen LogP contribution < -0.4 is 15.5 Å². The Balaban J connectivity index is 1.63. The lowest BCUT2D eigenvalue weighted by Crippen LogP contribution is -2.48. The molecule has 120 valence electrons. The summed E-state index contributed by atoms with van der Waals surface area (Å²) in [7, 11) is 0. The van der Waals surface area contributed by atoms with Crippen molar-refractivity contribution in [1.82, 2.24) is 25.1 Å². The molecule has 23 heavy (non-hydrogen) atoms. The van der Waals surface area contributed by atoms with Crippen molar-refractivity contribution in [1.29, 1.82) is 0 Å². The zero-order chi connectivity index (χ0) is 16.2. The lowest BCUT2D eigenvalue weighted by Gasteiger charge is -2.27. The third kappa shape index (κ3) is 3.44. The Kier molecular flexibility index (Phi) is 4.18. The first-order valence-electron chi connectivity index (χ1n) is 7.26. The summed E-state index contributed by atoms with van der Waals surface area (Å²) in [5.74, 6) is 0.488. The van der Waals surface area contributed by atoms with Gasteiger partial charge in [0.1, 0.15) is 24.5 Å². The van der Waals surface area contributed by atoms with Crippen LogP contribution in [0, 0.1) is 0 Å². The molecule has 2 amide bonds. The van der Waals surface area contributed by atoms with Crippen LogP contribution in [0.4, 0.5) is 11.5 Å². The third-order valence-electron chi connectivity index (χ3n) is 3.59. The predicted molar refractivity (Wildman–Crippen MR) is 82.8 cm³/mol. The molecule has 0 aliphatic carbocycles. The Morgan fingerprint density at radius 2 is 2.30 bits per heavy atom. The summed E-state index contributed by atoms with van der Waals surface area (Å²) in [5.41, 5.74) is 0.590. The molecule has 9 heteroatoms. The molecule has 3 heterocycles. The molecule has 1 aliphatic rings. The fraction of sp³-hybridized carbons (Fsp3) is 0.357. The van der Waals surface area contributed by atoms with E-state index >= 15 is 0 Å². The second kappa shape index (κ2) is 6.42. The molecule has 2 aromatic rings. The molecule has 1 fully saturated rings.